The van der Waals surface area contributed by atoms with Crippen molar-refractivity contribution in [2.45, 2.75) is 6.92 Å². The Bertz CT molecular complexity index is 600. The Kier molecular flexibility index (Phi) is 5.45. The molecule has 1 rings (SSSR count). The van der Waals surface area contributed by atoms with Gasteiger partial charge in [-0.2, -0.15) is 0 Å². The Balaban J connectivity index is 3.61. The predicted octanol–water partition coefficient (Wildman–Crippen LogP) is 2.78. The second-order valence-electron chi connectivity index (χ2n) is 3.71. The molecule has 0 saturated heterocycles. The van der Waals surface area contributed by atoms with Crippen molar-refractivity contribution in [3.8, 4) is 0 Å². The molecule has 0 atom stereocenters. The molecule has 0 amide bonds. The lowest BCUT2D eigenvalue weighted by Crippen LogP contribution is -2.13. The summed E-state index contributed by atoms with van der Waals surface area (Å²) in [7, 11) is 1.21. The standard InChI is InChI=1S/C13H11F4NO3/c1-3-21-13(20)6(5-18-2)12(19)9-10(16)7(14)4-8(15)11(9)17/h4-5,19H,3H2,1-2H3/b12-6-,18-5?. The molecule has 4 nitrogen and oxygen atoms in total. The summed E-state index contributed by atoms with van der Waals surface area (Å²) in [6, 6.07) is -0.0145. The zero-order valence-electron chi connectivity index (χ0n) is 11.1. The van der Waals surface area contributed by atoms with Crippen molar-refractivity contribution in [1.82, 2.24) is 0 Å². The van der Waals surface area contributed by atoms with Gasteiger partial charge in [-0.25, -0.2) is 22.4 Å². The highest BCUT2D eigenvalue weighted by Crippen LogP contribution is 2.26. The molecule has 1 aromatic carbocycles. The molecule has 0 radical (unpaired) electrons. The minimum atomic E-state index is -1.84. The van der Waals surface area contributed by atoms with E-state index in [1.807, 2.05) is 0 Å². The fraction of sp³-hybridized carbons (Fsp3) is 0.231. The van der Waals surface area contributed by atoms with Gasteiger partial charge < -0.3 is 9.84 Å². The van der Waals surface area contributed by atoms with E-state index in [1.54, 1.807) is 0 Å². The number of ether oxygens (including phenoxy) is 1. The zero-order chi connectivity index (χ0) is 16.2. The molecular weight excluding hydrogens is 294 g/mol. The molecule has 0 aromatic heterocycles. The van der Waals surface area contributed by atoms with Crippen LogP contribution in [0, 0.1) is 23.3 Å². The number of carbonyl (C=O) groups is 1. The molecule has 8 heteroatoms. The molecule has 114 valence electrons. The van der Waals surface area contributed by atoms with Crippen molar-refractivity contribution in [1.29, 1.82) is 0 Å². The molecule has 0 fully saturated rings. The Hall–Kier alpha value is -2.38. The van der Waals surface area contributed by atoms with E-state index in [4.69, 9.17) is 0 Å². The van der Waals surface area contributed by atoms with E-state index in [9.17, 15) is 27.5 Å². The topological polar surface area (TPSA) is 58.9 Å². The fourth-order valence-corrected chi connectivity index (χ4v) is 1.46. The smallest absolute Gasteiger partial charge is 0.343 e. The lowest BCUT2D eigenvalue weighted by molar-refractivity contribution is -0.137. The lowest BCUT2D eigenvalue weighted by atomic mass is 10.1. The van der Waals surface area contributed by atoms with Crippen LogP contribution in [0.15, 0.2) is 16.6 Å². The maximum Gasteiger partial charge on any atom is 0.343 e. The normalized spacial score (nSPS) is 12.5. The highest BCUT2D eigenvalue weighted by molar-refractivity contribution is 6.15. The van der Waals surface area contributed by atoms with Crippen molar-refractivity contribution in [3.63, 3.8) is 0 Å². The Morgan fingerprint density at radius 3 is 2.24 bits per heavy atom. The second kappa shape index (κ2) is 6.87. The maximum absolute atomic E-state index is 13.6. The highest BCUT2D eigenvalue weighted by Gasteiger charge is 2.26. The largest absolute Gasteiger partial charge is 0.506 e. The van der Waals surface area contributed by atoms with Gasteiger partial charge in [-0.3, -0.25) is 4.99 Å². The average Bonchev–Trinajstić information content (AvgIpc) is 2.43. The number of halogens is 4. The van der Waals surface area contributed by atoms with E-state index in [2.05, 4.69) is 9.73 Å². The summed E-state index contributed by atoms with van der Waals surface area (Å²) < 4.78 is 57.9. The third-order valence-corrected chi connectivity index (χ3v) is 2.36. The molecule has 0 saturated carbocycles. The minimum Gasteiger partial charge on any atom is -0.506 e. The number of nitrogens with zero attached hydrogens (tertiary/aromatic N) is 1. The first-order valence-corrected chi connectivity index (χ1v) is 5.71. The number of hydrogen-bond acceptors (Lipinski definition) is 4. The van der Waals surface area contributed by atoms with Crippen LogP contribution in [0.2, 0.25) is 0 Å². The van der Waals surface area contributed by atoms with Crippen molar-refractivity contribution < 1.29 is 32.2 Å². The van der Waals surface area contributed by atoms with Crippen LogP contribution in [-0.2, 0) is 9.53 Å². The van der Waals surface area contributed by atoms with E-state index >= 15 is 0 Å². The van der Waals surface area contributed by atoms with Gasteiger partial charge in [0, 0.05) is 19.3 Å². The van der Waals surface area contributed by atoms with Crippen LogP contribution in [0.4, 0.5) is 17.6 Å². The lowest BCUT2D eigenvalue weighted by Gasteiger charge is -2.09. The maximum atomic E-state index is 13.6. The van der Waals surface area contributed by atoms with E-state index in [0.29, 0.717) is 0 Å². The highest BCUT2D eigenvalue weighted by atomic mass is 19.2. The molecular formula is C13H11F4NO3. The van der Waals surface area contributed by atoms with Gasteiger partial charge in [-0.05, 0) is 6.92 Å². The summed E-state index contributed by atoms with van der Waals surface area (Å²) in [4.78, 5) is 15.0. The number of aliphatic imine (C=N–C) groups is 1. The fourth-order valence-electron chi connectivity index (χ4n) is 1.46. The Morgan fingerprint density at radius 2 is 1.81 bits per heavy atom. The number of aliphatic hydroxyl groups is 1. The monoisotopic (exact) mass is 305 g/mol. The van der Waals surface area contributed by atoms with Crippen LogP contribution in [0.5, 0.6) is 0 Å². The molecule has 0 aliphatic carbocycles. The number of aliphatic hydroxyl groups excluding tert-OH is 1. The van der Waals surface area contributed by atoms with E-state index in [0.717, 1.165) is 6.21 Å². The van der Waals surface area contributed by atoms with Gasteiger partial charge in [0.15, 0.2) is 23.3 Å². The average molecular weight is 305 g/mol. The van der Waals surface area contributed by atoms with Gasteiger partial charge in [-0.1, -0.05) is 0 Å². The first-order chi connectivity index (χ1) is 9.84. The third kappa shape index (κ3) is 3.39. The van der Waals surface area contributed by atoms with Gasteiger partial charge in [0.25, 0.3) is 0 Å². The first-order valence-electron chi connectivity index (χ1n) is 5.71. The first kappa shape index (κ1) is 16.7. The second-order valence-corrected chi connectivity index (χ2v) is 3.71. The summed E-state index contributed by atoms with van der Waals surface area (Å²) in [5.41, 5.74) is -2.14. The molecule has 0 bridgehead atoms. The number of rotatable bonds is 4. The molecule has 1 N–H and O–H groups in total. The van der Waals surface area contributed by atoms with Gasteiger partial charge in [0.2, 0.25) is 0 Å². The number of carbonyl (C=O) groups excluding carboxylic acids is 1. The van der Waals surface area contributed by atoms with Gasteiger partial charge >= 0.3 is 5.97 Å². The summed E-state index contributed by atoms with van der Waals surface area (Å²) in [6.45, 7) is 1.37. The third-order valence-electron chi connectivity index (χ3n) is 2.36. The molecule has 0 unspecified atom stereocenters. The molecule has 0 aliphatic heterocycles. The van der Waals surface area contributed by atoms with E-state index < -0.39 is 46.1 Å². The molecule has 21 heavy (non-hydrogen) atoms. The number of hydrogen-bond donors (Lipinski definition) is 1. The van der Waals surface area contributed by atoms with Crippen LogP contribution in [0.3, 0.4) is 0 Å². The molecule has 0 heterocycles. The van der Waals surface area contributed by atoms with Gasteiger partial charge in [0.05, 0.1) is 12.2 Å². The van der Waals surface area contributed by atoms with Crippen LogP contribution in [-0.4, -0.2) is 30.9 Å². The predicted molar refractivity (Wildman–Crippen MR) is 66.9 cm³/mol. The van der Waals surface area contributed by atoms with Gasteiger partial charge in [-0.15, -0.1) is 0 Å². The summed E-state index contributed by atoms with van der Waals surface area (Å²) in [5.74, 6) is -9.56. The molecule has 0 spiro atoms. The van der Waals surface area contributed by atoms with Crippen molar-refractivity contribution in [2.75, 3.05) is 13.7 Å². The van der Waals surface area contributed by atoms with Crippen LogP contribution in [0.1, 0.15) is 12.5 Å². The van der Waals surface area contributed by atoms with Crippen LogP contribution < -0.4 is 0 Å². The zero-order valence-corrected chi connectivity index (χ0v) is 11.1. The molecule has 1 aromatic rings. The summed E-state index contributed by atoms with van der Waals surface area (Å²) >= 11 is 0. The SMILES string of the molecule is CCOC(=O)/C(C=NC)=C(\O)c1c(F)c(F)cc(F)c1F. The van der Waals surface area contributed by atoms with Crippen molar-refractivity contribution in [3.05, 3.63) is 40.5 Å². The van der Waals surface area contributed by atoms with Crippen LogP contribution >= 0.6 is 0 Å². The van der Waals surface area contributed by atoms with E-state index in [-0.39, 0.29) is 12.7 Å². The Labute approximate surface area is 117 Å². The minimum absolute atomic E-state index is 0.0145. The molecule has 0 aliphatic rings. The number of benzene rings is 1. The summed E-state index contributed by atoms with van der Waals surface area (Å²) in [5, 5.41) is 9.79. The number of esters is 1. The van der Waals surface area contributed by atoms with Crippen LogP contribution in [0.25, 0.3) is 5.76 Å². The van der Waals surface area contributed by atoms with E-state index in [1.165, 1.54) is 14.0 Å². The van der Waals surface area contributed by atoms with Crippen molar-refractivity contribution >= 4 is 17.9 Å². The Morgan fingerprint density at radius 1 is 1.29 bits per heavy atom. The van der Waals surface area contributed by atoms with Crippen molar-refractivity contribution in [2.24, 2.45) is 4.99 Å². The quantitative estimate of drug-likeness (QED) is 0.232. The van der Waals surface area contributed by atoms with Gasteiger partial charge in [0.1, 0.15) is 11.3 Å². The summed E-state index contributed by atoms with van der Waals surface area (Å²) in [6.07, 6.45) is 0.759.